The van der Waals surface area contributed by atoms with E-state index in [0.717, 1.165) is 16.9 Å². The number of carboxylic acid groups (broad SMARTS) is 1. The van der Waals surface area contributed by atoms with Gasteiger partial charge in [-0.05, 0) is 45.6 Å². The minimum Gasteiger partial charge on any atom is -0.480 e. The Morgan fingerprint density at radius 2 is 1.85 bits per heavy atom. The smallest absolute Gasteiger partial charge is 0.408 e. The number of hydrogen-bond donors (Lipinski definition) is 4. The highest BCUT2D eigenvalue weighted by Crippen LogP contribution is 2.21. The Bertz CT molecular complexity index is 854. The predicted molar refractivity (Wildman–Crippen MR) is 124 cm³/mol. The van der Waals surface area contributed by atoms with Gasteiger partial charge in [0.15, 0.2) is 0 Å². The normalized spacial score (nSPS) is 18.8. The molecule has 3 atom stereocenters. The number of aliphatic hydroxyl groups excluding tert-OH is 1. The SMILES string of the molecule is CC(C)(C)OC(=O)N[C@@H](CCO)C(=O)N1C[C@H](NC(=O)CCCc2ccccc2)C[C@H]1C(=O)O. The van der Waals surface area contributed by atoms with Crippen molar-refractivity contribution in [3.63, 3.8) is 0 Å². The predicted octanol–water partition coefficient (Wildman–Crippen LogP) is 1.46. The van der Waals surface area contributed by atoms with Crippen molar-refractivity contribution in [3.8, 4) is 0 Å². The first kappa shape index (κ1) is 27.1. The van der Waals surface area contributed by atoms with E-state index in [1.165, 1.54) is 0 Å². The van der Waals surface area contributed by atoms with Crippen molar-refractivity contribution >= 4 is 23.9 Å². The van der Waals surface area contributed by atoms with E-state index in [0.29, 0.717) is 6.42 Å². The van der Waals surface area contributed by atoms with Crippen LogP contribution in [0.4, 0.5) is 4.79 Å². The van der Waals surface area contributed by atoms with Crippen LogP contribution in [0.1, 0.15) is 52.0 Å². The molecule has 3 amide bonds. The minimum absolute atomic E-state index is 0.00183. The van der Waals surface area contributed by atoms with Crippen molar-refractivity contribution in [1.82, 2.24) is 15.5 Å². The lowest BCUT2D eigenvalue weighted by atomic mass is 10.1. The molecule has 0 saturated carbocycles. The third kappa shape index (κ3) is 8.66. The molecule has 1 aromatic rings. The molecular weight excluding hydrogens is 442 g/mol. The van der Waals surface area contributed by atoms with Crippen LogP contribution in [0, 0.1) is 0 Å². The third-order valence-electron chi connectivity index (χ3n) is 5.35. The van der Waals surface area contributed by atoms with Crippen LogP contribution in [0.3, 0.4) is 0 Å². The molecule has 0 aromatic heterocycles. The number of likely N-dealkylation sites (tertiary alicyclic amines) is 1. The van der Waals surface area contributed by atoms with Gasteiger partial charge in [0.05, 0.1) is 0 Å². The molecule has 10 nitrogen and oxygen atoms in total. The first-order valence-corrected chi connectivity index (χ1v) is 11.5. The second-order valence-electron chi connectivity index (χ2n) is 9.40. The monoisotopic (exact) mass is 477 g/mol. The average Bonchev–Trinajstić information content (AvgIpc) is 3.16. The van der Waals surface area contributed by atoms with Gasteiger partial charge in [0.25, 0.3) is 0 Å². The number of alkyl carbamates (subject to hydrolysis) is 1. The van der Waals surface area contributed by atoms with Crippen LogP contribution in [0.2, 0.25) is 0 Å². The van der Waals surface area contributed by atoms with Crippen LogP contribution in [0.25, 0.3) is 0 Å². The number of ether oxygens (including phenoxy) is 1. The summed E-state index contributed by atoms with van der Waals surface area (Å²) in [6.45, 7) is 4.62. The molecule has 0 bridgehead atoms. The summed E-state index contributed by atoms with van der Waals surface area (Å²) >= 11 is 0. The largest absolute Gasteiger partial charge is 0.480 e. The molecule has 1 aliphatic rings. The van der Waals surface area contributed by atoms with Gasteiger partial charge in [-0.1, -0.05) is 30.3 Å². The molecule has 1 aromatic carbocycles. The Kier molecular flexibility index (Phi) is 9.85. The van der Waals surface area contributed by atoms with E-state index in [2.05, 4.69) is 10.6 Å². The highest BCUT2D eigenvalue weighted by molar-refractivity contribution is 5.90. The molecule has 1 saturated heterocycles. The Morgan fingerprint density at radius 3 is 2.44 bits per heavy atom. The van der Waals surface area contributed by atoms with Gasteiger partial charge >= 0.3 is 12.1 Å². The highest BCUT2D eigenvalue weighted by atomic mass is 16.6. The van der Waals surface area contributed by atoms with Crippen molar-refractivity contribution < 1.29 is 34.1 Å². The van der Waals surface area contributed by atoms with Crippen molar-refractivity contribution in [2.24, 2.45) is 0 Å². The zero-order valence-corrected chi connectivity index (χ0v) is 20.0. The van der Waals surface area contributed by atoms with E-state index < -0.39 is 41.7 Å². The summed E-state index contributed by atoms with van der Waals surface area (Å²) in [6, 6.07) is 6.96. The number of hydrogen-bond acceptors (Lipinski definition) is 6. The summed E-state index contributed by atoms with van der Waals surface area (Å²) in [5.41, 5.74) is 0.343. The second kappa shape index (κ2) is 12.4. The van der Waals surface area contributed by atoms with Crippen molar-refractivity contribution in [2.75, 3.05) is 13.2 Å². The first-order chi connectivity index (χ1) is 16.0. The molecule has 1 fully saturated rings. The van der Waals surface area contributed by atoms with Gasteiger partial charge in [-0.25, -0.2) is 9.59 Å². The molecule has 0 spiro atoms. The summed E-state index contributed by atoms with van der Waals surface area (Å²) < 4.78 is 5.17. The van der Waals surface area contributed by atoms with E-state index in [9.17, 15) is 29.4 Å². The van der Waals surface area contributed by atoms with Crippen LogP contribution in [-0.2, 0) is 25.5 Å². The molecule has 1 aliphatic heterocycles. The molecule has 34 heavy (non-hydrogen) atoms. The summed E-state index contributed by atoms with van der Waals surface area (Å²) in [4.78, 5) is 50.5. The standard InChI is InChI=1S/C24H35N3O7/c1-24(2,3)34-23(33)26-18(12-13-28)21(30)27-15-17(14-19(27)22(31)32)25-20(29)11-7-10-16-8-5-4-6-9-16/h4-6,8-9,17-19,28H,7,10-15H2,1-3H3,(H,25,29)(H,26,33)(H,31,32)/t17-,18+,19+/m1/s1. The Hall–Kier alpha value is -3.14. The van der Waals surface area contributed by atoms with Crippen LogP contribution < -0.4 is 10.6 Å². The quantitative estimate of drug-likeness (QED) is 0.399. The minimum atomic E-state index is -1.20. The van der Waals surface area contributed by atoms with Crippen LogP contribution in [0.5, 0.6) is 0 Å². The number of aliphatic hydroxyl groups is 1. The third-order valence-corrected chi connectivity index (χ3v) is 5.35. The van der Waals surface area contributed by atoms with Crippen molar-refractivity contribution in [2.45, 2.75) is 76.6 Å². The van der Waals surface area contributed by atoms with Crippen LogP contribution in [-0.4, -0.2) is 75.9 Å². The van der Waals surface area contributed by atoms with E-state index in [4.69, 9.17) is 4.74 Å². The maximum Gasteiger partial charge on any atom is 0.408 e. The number of rotatable bonds is 10. The Morgan fingerprint density at radius 1 is 1.18 bits per heavy atom. The molecule has 0 aliphatic carbocycles. The molecule has 2 rings (SSSR count). The summed E-state index contributed by atoms with van der Waals surface area (Å²) in [6.07, 6.45) is 0.798. The number of aliphatic carboxylic acids is 1. The van der Waals surface area contributed by atoms with Gasteiger partial charge < -0.3 is 30.5 Å². The number of carbonyl (C=O) groups excluding carboxylic acids is 3. The number of nitrogens with one attached hydrogen (secondary N) is 2. The van der Waals surface area contributed by atoms with Crippen molar-refractivity contribution in [1.29, 1.82) is 0 Å². The highest BCUT2D eigenvalue weighted by Gasteiger charge is 2.42. The van der Waals surface area contributed by atoms with Gasteiger partial charge in [-0.3, -0.25) is 9.59 Å². The number of nitrogens with zero attached hydrogens (tertiary/aromatic N) is 1. The lowest BCUT2D eigenvalue weighted by molar-refractivity contribution is -0.149. The van der Waals surface area contributed by atoms with Gasteiger partial charge in [-0.2, -0.15) is 0 Å². The van der Waals surface area contributed by atoms with Gasteiger partial charge in [-0.15, -0.1) is 0 Å². The summed E-state index contributed by atoms with van der Waals surface area (Å²) in [5.74, 6) is -2.06. The topological polar surface area (TPSA) is 145 Å². The molecule has 188 valence electrons. The van der Waals surface area contributed by atoms with E-state index in [1.54, 1.807) is 20.8 Å². The molecular formula is C24H35N3O7. The van der Waals surface area contributed by atoms with Crippen molar-refractivity contribution in [3.05, 3.63) is 35.9 Å². The molecule has 0 unspecified atom stereocenters. The van der Waals surface area contributed by atoms with Crippen LogP contribution in [0.15, 0.2) is 30.3 Å². The average molecular weight is 478 g/mol. The van der Waals surface area contributed by atoms with E-state index in [-0.39, 0.29) is 38.3 Å². The fourth-order valence-corrected chi connectivity index (χ4v) is 3.85. The first-order valence-electron chi connectivity index (χ1n) is 11.5. The second-order valence-corrected chi connectivity index (χ2v) is 9.40. The van der Waals surface area contributed by atoms with Gasteiger partial charge in [0, 0.05) is 32.0 Å². The van der Waals surface area contributed by atoms with Gasteiger partial charge in [0.2, 0.25) is 11.8 Å². The van der Waals surface area contributed by atoms with Crippen LogP contribution >= 0.6 is 0 Å². The van der Waals surface area contributed by atoms with Gasteiger partial charge in [0.1, 0.15) is 17.7 Å². The Labute approximate surface area is 199 Å². The summed E-state index contributed by atoms with van der Waals surface area (Å²) in [7, 11) is 0. The van der Waals surface area contributed by atoms with E-state index >= 15 is 0 Å². The molecule has 10 heteroatoms. The molecule has 0 radical (unpaired) electrons. The number of carbonyl (C=O) groups is 4. The lowest BCUT2D eigenvalue weighted by Gasteiger charge is -2.28. The number of carboxylic acids is 1. The fraction of sp³-hybridized carbons (Fsp3) is 0.583. The number of benzene rings is 1. The maximum absolute atomic E-state index is 13.1. The van der Waals surface area contributed by atoms with E-state index in [1.807, 2.05) is 30.3 Å². The number of amides is 3. The summed E-state index contributed by atoms with van der Waals surface area (Å²) in [5, 5.41) is 24.2. The zero-order valence-electron chi connectivity index (χ0n) is 20.0. The zero-order chi connectivity index (χ0) is 25.3. The fourth-order valence-electron chi connectivity index (χ4n) is 3.85. The molecule has 1 heterocycles. The maximum atomic E-state index is 13.1. The lowest BCUT2D eigenvalue weighted by Crippen LogP contribution is -2.53. The molecule has 4 N–H and O–H groups in total. The number of aryl methyl sites for hydroxylation is 1. The Balaban J connectivity index is 1.96.